The Bertz CT molecular complexity index is 1400. The van der Waals surface area contributed by atoms with E-state index in [4.69, 9.17) is 24.2 Å². The van der Waals surface area contributed by atoms with Crippen LogP contribution >= 0.6 is 0 Å². The number of fused-ring (bicyclic) bond motifs is 4. The van der Waals surface area contributed by atoms with Crippen LogP contribution in [0.2, 0.25) is 0 Å². The summed E-state index contributed by atoms with van der Waals surface area (Å²) in [6.45, 7) is 0.219. The van der Waals surface area contributed by atoms with Gasteiger partial charge in [-0.15, -0.1) is 0 Å². The fourth-order valence-corrected chi connectivity index (χ4v) is 6.55. The molecule has 1 aliphatic carbocycles. The molecule has 3 saturated heterocycles. The van der Waals surface area contributed by atoms with Gasteiger partial charge in [0.15, 0.2) is 6.04 Å². The third kappa shape index (κ3) is 5.64. The number of nitrogens with one attached hydrogen (secondary N) is 2. The molecule has 4 fully saturated rings. The summed E-state index contributed by atoms with van der Waals surface area (Å²) in [4.78, 5) is 45.8. The number of hydrogen-bond donors (Lipinski definition) is 4. The molecule has 12 heteroatoms. The number of amides is 2. The lowest BCUT2D eigenvalue weighted by Gasteiger charge is -2.48. The quantitative estimate of drug-likeness (QED) is 0.275. The number of ether oxygens (including phenoxy) is 3. The molecule has 6 rings (SSSR count). The van der Waals surface area contributed by atoms with Crippen LogP contribution in [-0.2, 0) is 46.4 Å². The first kappa shape index (κ1) is 29.3. The Morgan fingerprint density at radius 1 is 1.07 bits per heavy atom. The molecule has 2 bridgehead atoms. The molecule has 6 atom stereocenters. The number of rotatable bonds is 11. The number of aliphatic hydroxyl groups excluding tert-OH is 1. The summed E-state index contributed by atoms with van der Waals surface area (Å²) in [5.74, 6) is -1.03. The monoisotopic (exact) mass is 593 g/mol. The van der Waals surface area contributed by atoms with Gasteiger partial charge in [0.1, 0.15) is 42.4 Å². The number of allylic oxidation sites excluding steroid dienone is 1. The minimum absolute atomic E-state index is 0.00573. The second kappa shape index (κ2) is 12.4. The second-order valence-electron chi connectivity index (χ2n) is 11.2. The van der Waals surface area contributed by atoms with Gasteiger partial charge >= 0.3 is 5.97 Å². The van der Waals surface area contributed by atoms with Gasteiger partial charge in [-0.05, 0) is 29.2 Å². The van der Waals surface area contributed by atoms with E-state index in [-0.39, 0.29) is 57.5 Å². The Morgan fingerprint density at radius 2 is 1.91 bits per heavy atom. The number of esters is 1. The number of aromatic hydroxyl groups is 1. The van der Waals surface area contributed by atoms with Crippen molar-refractivity contribution in [2.24, 2.45) is 5.41 Å². The lowest BCUT2D eigenvalue weighted by Crippen LogP contribution is -2.69. The Labute approximate surface area is 248 Å². The van der Waals surface area contributed by atoms with E-state index >= 15 is 0 Å². The number of phenols is 1. The molecule has 1 saturated carbocycles. The molecule has 4 N–H and O–H groups in total. The van der Waals surface area contributed by atoms with Gasteiger partial charge in [0, 0.05) is 25.9 Å². The van der Waals surface area contributed by atoms with Gasteiger partial charge in [-0.25, -0.2) is 0 Å². The van der Waals surface area contributed by atoms with Crippen LogP contribution in [-0.4, -0.2) is 90.0 Å². The number of carbonyl (C=O) groups excluding carboxylic acids is 3. The maximum absolute atomic E-state index is 13.9. The average Bonchev–Trinajstić information content (AvgIpc) is 3.62. The third-order valence-corrected chi connectivity index (χ3v) is 8.50. The summed E-state index contributed by atoms with van der Waals surface area (Å²) in [5.41, 5.74) is 1.30. The van der Waals surface area contributed by atoms with Crippen molar-refractivity contribution in [2.75, 3.05) is 26.5 Å². The SMILES string of the molecule is O=C(CCNC(=O)[C@@]12C[C@H]3OC(=O)[C@@H]1N(Cc1cccc(C=CCc4ccccc4O)c1)O[C@@H]2[C@H]1OCO[C@H]13)NCCO. The van der Waals surface area contributed by atoms with Crippen molar-refractivity contribution >= 4 is 23.9 Å². The van der Waals surface area contributed by atoms with Crippen molar-refractivity contribution in [1.82, 2.24) is 15.7 Å². The first-order valence-electron chi connectivity index (χ1n) is 14.5. The van der Waals surface area contributed by atoms with E-state index in [1.807, 2.05) is 48.6 Å². The number of nitrogens with zero attached hydrogens (tertiary/aromatic N) is 1. The summed E-state index contributed by atoms with van der Waals surface area (Å²) in [6, 6.07) is 13.9. The lowest BCUT2D eigenvalue weighted by atomic mass is 9.62. The molecule has 4 aliphatic rings. The highest BCUT2D eigenvalue weighted by atomic mass is 16.8. The van der Waals surface area contributed by atoms with Gasteiger partial charge in [0.2, 0.25) is 11.8 Å². The summed E-state index contributed by atoms with van der Waals surface area (Å²) in [7, 11) is 0. The van der Waals surface area contributed by atoms with Crippen molar-refractivity contribution in [3.8, 4) is 5.75 Å². The molecule has 2 aromatic rings. The number of carbonyl (C=O) groups is 3. The highest BCUT2D eigenvalue weighted by Gasteiger charge is 2.74. The number of aliphatic hydroxyl groups is 1. The average molecular weight is 594 g/mol. The van der Waals surface area contributed by atoms with Gasteiger partial charge < -0.3 is 35.1 Å². The fraction of sp³-hybridized carbons (Fsp3) is 0.452. The first-order chi connectivity index (χ1) is 20.9. The fourth-order valence-electron chi connectivity index (χ4n) is 6.55. The smallest absolute Gasteiger partial charge is 0.327 e. The first-order valence-corrected chi connectivity index (χ1v) is 14.5. The number of hydrogen-bond acceptors (Lipinski definition) is 10. The molecule has 0 spiro atoms. The molecule has 0 radical (unpaired) electrons. The van der Waals surface area contributed by atoms with Crippen molar-refractivity contribution in [2.45, 2.75) is 56.3 Å². The van der Waals surface area contributed by atoms with Crippen LogP contribution in [0.3, 0.4) is 0 Å². The van der Waals surface area contributed by atoms with Gasteiger partial charge in [-0.2, -0.15) is 5.06 Å². The normalized spacial score (nSPS) is 29.3. The zero-order chi connectivity index (χ0) is 30.0. The minimum atomic E-state index is -1.30. The van der Waals surface area contributed by atoms with E-state index in [0.29, 0.717) is 6.42 Å². The van der Waals surface area contributed by atoms with E-state index in [1.54, 1.807) is 12.1 Å². The van der Waals surface area contributed by atoms with Crippen LogP contribution in [0.4, 0.5) is 0 Å². The van der Waals surface area contributed by atoms with E-state index in [1.165, 1.54) is 5.06 Å². The van der Waals surface area contributed by atoms with Crippen molar-refractivity contribution in [3.05, 3.63) is 71.3 Å². The van der Waals surface area contributed by atoms with Crippen LogP contribution < -0.4 is 10.6 Å². The summed E-state index contributed by atoms with van der Waals surface area (Å²) in [6.07, 6.45) is 2.10. The topological polar surface area (TPSA) is 156 Å². The van der Waals surface area contributed by atoms with Gasteiger partial charge in [-0.3, -0.25) is 19.2 Å². The Morgan fingerprint density at radius 3 is 2.74 bits per heavy atom. The lowest BCUT2D eigenvalue weighted by molar-refractivity contribution is -0.201. The van der Waals surface area contributed by atoms with Crippen LogP contribution in [0, 0.1) is 5.41 Å². The van der Waals surface area contributed by atoms with Crippen molar-refractivity contribution in [3.63, 3.8) is 0 Å². The van der Waals surface area contributed by atoms with Gasteiger partial charge in [0.25, 0.3) is 0 Å². The maximum atomic E-state index is 13.9. The molecule has 3 aliphatic heterocycles. The summed E-state index contributed by atoms with van der Waals surface area (Å²) >= 11 is 0. The molecule has 43 heavy (non-hydrogen) atoms. The van der Waals surface area contributed by atoms with Gasteiger partial charge in [0.05, 0.1) is 13.2 Å². The molecule has 0 unspecified atom stereocenters. The van der Waals surface area contributed by atoms with E-state index in [0.717, 1.165) is 16.7 Å². The Balaban J connectivity index is 1.21. The number of phenolic OH excluding ortho intramolecular Hbond substituents is 1. The number of hydroxylamine groups is 2. The largest absolute Gasteiger partial charge is 0.508 e. The predicted octanol–water partition coefficient (Wildman–Crippen LogP) is 0.804. The molecular weight excluding hydrogens is 558 g/mol. The molecule has 2 amide bonds. The molecule has 228 valence electrons. The van der Waals surface area contributed by atoms with E-state index < -0.39 is 47.7 Å². The predicted molar refractivity (Wildman–Crippen MR) is 151 cm³/mol. The Kier molecular flexibility index (Phi) is 8.46. The zero-order valence-electron chi connectivity index (χ0n) is 23.5. The van der Waals surface area contributed by atoms with Crippen LogP contribution in [0.1, 0.15) is 29.5 Å². The third-order valence-electron chi connectivity index (χ3n) is 8.50. The molecule has 2 aromatic carbocycles. The summed E-state index contributed by atoms with van der Waals surface area (Å²) in [5, 5.41) is 25.9. The minimum Gasteiger partial charge on any atom is -0.508 e. The highest BCUT2D eigenvalue weighted by molar-refractivity contribution is 5.93. The van der Waals surface area contributed by atoms with Crippen LogP contribution in [0.25, 0.3) is 6.08 Å². The Hall–Kier alpha value is -3.81. The molecular formula is C31H35N3O9. The zero-order valence-corrected chi connectivity index (χ0v) is 23.5. The molecule has 0 aromatic heterocycles. The van der Waals surface area contributed by atoms with Gasteiger partial charge in [-0.1, -0.05) is 54.6 Å². The molecule has 12 nitrogen and oxygen atoms in total. The highest BCUT2D eigenvalue weighted by Crippen LogP contribution is 2.55. The standard InChI is InChI=1S/C31H35N3O9/c35-14-13-32-24(37)11-12-33-30(39)31-16-23-25-26(41-18-40-25)28(31)43-34(27(31)29(38)42-23)17-20-7-3-5-19(15-20)6-4-9-21-8-1-2-10-22(21)36/h1-8,10,15,23,25-28,35-36H,9,11-14,16-18H2,(H,32,37)(H,33,39)/t23-,25+,26+,27+,28-,31+/m1/s1. The van der Waals surface area contributed by atoms with E-state index in [2.05, 4.69) is 10.6 Å². The summed E-state index contributed by atoms with van der Waals surface area (Å²) < 4.78 is 17.4. The maximum Gasteiger partial charge on any atom is 0.327 e. The number of para-hydroxylation sites is 1. The van der Waals surface area contributed by atoms with Crippen molar-refractivity contribution < 1.29 is 43.6 Å². The molecule has 3 heterocycles. The van der Waals surface area contributed by atoms with Crippen LogP contribution in [0.5, 0.6) is 5.75 Å². The second-order valence-corrected chi connectivity index (χ2v) is 11.2. The van der Waals surface area contributed by atoms with Crippen LogP contribution in [0.15, 0.2) is 54.6 Å². The van der Waals surface area contributed by atoms with E-state index in [9.17, 15) is 19.5 Å². The number of benzene rings is 2. The van der Waals surface area contributed by atoms with Crippen molar-refractivity contribution in [1.29, 1.82) is 0 Å².